The Balaban J connectivity index is 2.06. The van der Waals surface area contributed by atoms with Crippen molar-refractivity contribution in [1.29, 1.82) is 0 Å². The molecule has 0 spiro atoms. The van der Waals surface area contributed by atoms with Crippen LogP contribution in [-0.4, -0.2) is 20.6 Å². The lowest BCUT2D eigenvalue weighted by molar-refractivity contribution is -0.384. The van der Waals surface area contributed by atoms with E-state index in [2.05, 4.69) is 10.4 Å². The highest BCUT2D eigenvalue weighted by atomic mass is 35.5. The first-order valence-electron chi connectivity index (χ1n) is 5.68. The van der Waals surface area contributed by atoms with Crippen molar-refractivity contribution < 1.29 is 9.72 Å². The van der Waals surface area contributed by atoms with E-state index in [1.165, 1.54) is 35.3 Å². The van der Waals surface area contributed by atoms with E-state index < -0.39 is 4.92 Å². The van der Waals surface area contributed by atoms with Crippen LogP contribution in [0.25, 0.3) is 0 Å². The number of nitrogens with one attached hydrogen (secondary N) is 1. The van der Waals surface area contributed by atoms with Crippen molar-refractivity contribution in [2.24, 2.45) is 0 Å². The molecule has 8 heteroatoms. The number of benzene rings is 1. The van der Waals surface area contributed by atoms with Gasteiger partial charge in [0, 0.05) is 24.0 Å². The molecule has 2 rings (SSSR count). The fourth-order valence-electron chi connectivity index (χ4n) is 1.66. The van der Waals surface area contributed by atoms with Gasteiger partial charge in [-0.05, 0) is 18.6 Å². The van der Waals surface area contributed by atoms with Crippen LogP contribution < -0.4 is 5.32 Å². The van der Waals surface area contributed by atoms with Gasteiger partial charge in [0.1, 0.15) is 6.54 Å². The van der Waals surface area contributed by atoms with Gasteiger partial charge in [0.05, 0.1) is 16.1 Å². The number of anilines is 1. The second kappa shape index (κ2) is 5.70. The van der Waals surface area contributed by atoms with Crippen LogP contribution in [0.2, 0.25) is 5.02 Å². The average molecular weight is 295 g/mol. The Morgan fingerprint density at radius 1 is 1.55 bits per heavy atom. The Morgan fingerprint density at radius 2 is 2.30 bits per heavy atom. The van der Waals surface area contributed by atoms with E-state index in [-0.39, 0.29) is 18.1 Å². The van der Waals surface area contributed by atoms with Gasteiger partial charge in [0.2, 0.25) is 5.91 Å². The van der Waals surface area contributed by atoms with Crippen LogP contribution in [0.4, 0.5) is 11.4 Å². The van der Waals surface area contributed by atoms with Crippen molar-refractivity contribution in [1.82, 2.24) is 9.78 Å². The van der Waals surface area contributed by atoms with Gasteiger partial charge in [-0.25, -0.2) is 0 Å². The number of nitro benzene ring substituents is 1. The summed E-state index contributed by atoms with van der Waals surface area (Å²) in [5, 5.41) is 17.6. The third-order valence-electron chi connectivity index (χ3n) is 2.60. The minimum absolute atomic E-state index is 0.0145. The van der Waals surface area contributed by atoms with Gasteiger partial charge < -0.3 is 5.32 Å². The quantitative estimate of drug-likeness (QED) is 0.692. The third-order valence-corrected chi connectivity index (χ3v) is 2.80. The summed E-state index contributed by atoms with van der Waals surface area (Å²) in [6.45, 7) is 1.70. The molecular formula is C12H11ClN4O3. The number of carbonyl (C=O) groups is 1. The predicted molar refractivity (Wildman–Crippen MR) is 73.7 cm³/mol. The molecule has 0 unspecified atom stereocenters. The van der Waals surface area contributed by atoms with E-state index >= 15 is 0 Å². The van der Waals surface area contributed by atoms with Gasteiger partial charge in [-0.2, -0.15) is 5.10 Å². The van der Waals surface area contributed by atoms with Crippen LogP contribution in [0, 0.1) is 17.0 Å². The number of aryl methyl sites for hydroxylation is 1. The number of hydrogen-bond acceptors (Lipinski definition) is 4. The Bertz CT molecular complexity index is 668. The highest BCUT2D eigenvalue weighted by Gasteiger charge is 2.10. The van der Waals surface area contributed by atoms with Crippen molar-refractivity contribution in [2.45, 2.75) is 13.5 Å². The maximum atomic E-state index is 11.8. The van der Waals surface area contributed by atoms with Crippen LogP contribution in [0.15, 0.2) is 30.6 Å². The molecule has 0 bridgehead atoms. The maximum absolute atomic E-state index is 11.8. The summed E-state index contributed by atoms with van der Waals surface area (Å²) < 4.78 is 1.40. The second-order valence-electron chi connectivity index (χ2n) is 4.16. The van der Waals surface area contributed by atoms with E-state index in [1.54, 1.807) is 6.92 Å². The molecule has 1 amide bonds. The molecule has 1 aromatic carbocycles. The van der Waals surface area contributed by atoms with E-state index in [9.17, 15) is 14.9 Å². The van der Waals surface area contributed by atoms with E-state index in [0.717, 1.165) is 0 Å². The molecular weight excluding hydrogens is 284 g/mol. The van der Waals surface area contributed by atoms with Gasteiger partial charge in [0.15, 0.2) is 0 Å². The first-order chi connectivity index (χ1) is 9.45. The molecule has 0 atom stereocenters. The zero-order valence-electron chi connectivity index (χ0n) is 10.5. The zero-order valence-corrected chi connectivity index (χ0v) is 11.3. The first kappa shape index (κ1) is 14.0. The molecule has 1 N–H and O–H groups in total. The first-order valence-corrected chi connectivity index (χ1v) is 6.06. The molecule has 7 nitrogen and oxygen atoms in total. The number of halogens is 1. The fraction of sp³-hybridized carbons (Fsp3) is 0.167. The largest absolute Gasteiger partial charge is 0.324 e. The highest BCUT2D eigenvalue weighted by Crippen LogP contribution is 2.21. The van der Waals surface area contributed by atoms with Gasteiger partial charge >= 0.3 is 0 Å². The smallest absolute Gasteiger partial charge is 0.269 e. The number of nitro groups is 1. The van der Waals surface area contributed by atoms with Crippen LogP contribution in [0.5, 0.6) is 0 Å². The molecule has 0 aliphatic heterocycles. The number of hydrogen-bond donors (Lipinski definition) is 1. The lowest BCUT2D eigenvalue weighted by atomic mass is 10.2. The fourth-order valence-corrected chi connectivity index (χ4v) is 1.82. The normalized spacial score (nSPS) is 10.3. The Hall–Kier alpha value is -2.41. The van der Waals surface area contributed by atoms with Gasteiger partial charge in [-0.15, -0.1) is 0 Å². The molecule has 20 heavy (non-hydrogen) atoms. The standard InChI is InChI=1S/C12H11ClN4O3/c1-8-4-10(17(19)20)2-3-11(8)15-12(18)7-16-6-9(13)5-14-16/h2-6H,7H2,1H3,(H,15,18). The van der Waals surface area contributed by atoms with E-state index in [4.69, 9.17) is 11.6 Å². The molecule has 0 saturated carbocycles. The minimum atomic E-state index is -0.482. The molecule has 104 valence electrons. The number of amides is 1. The SMILES string of the molecule is Cc1cc([N+](=O)[O-])ccc1NC(=O)Cn1cc(Cl)cn1. The molecule has 1 aromatic heterocycles. The number of non-ortho nitro benzene ring substituents is 1. The summed E-state index contributed by atoms with van der Waals surface area (Å²) >= 11 is 5.70. The second-order valence-corrected chi connectivity index (χ2v) is 4.60. The maximum Gasteiger partial charge on any atom is 0.269 e. The number of aromatic nitrogens is 2. The summed E-state index contributed by atoms with van der Waals surface area (Å²) in [5.41, 5.74) is 1.13. The van der Waals surface area contributed by atoms with Crippen LogP contribution in [0.1, 0.15) is 5.56 Å². The average Bonchev–Trinajstić information content (AvgIpc) is 2.77. The molecule has 1 heterocycles. The van der Waals surface area contributed by atoms with Gasteiger partial charge in [-0.1, -0.05) is 11.6 Å². The number of carbonyl (C=O) groups excluding carboxylic acids is 1. The summed E-state index contributed by atoms with van der Waals surface area (Å²) in [5.74, 6) is -0.290. The molecule has 0 aliphatic rings. The lowest BCUT2D eigenvalue weighted by Gasteiger charge is -2.08. The van der Waals surface area contributed by atoms with Crippen molar-refractivity contribution >= 4 is 28.9 Å². The van der Waals surface area contributed by atoms with Crippen LogP contribution in [0.3, 0.4) is 0 Å². The van der Waals surface area contributed by atoms with Gasteiger partial charge in [-0.3, -0.25) is 19.6 Å². The van der Waals surface area contributed by atoms with Gasteiger partial charge in [0.25, 0.3) is 5.69 Å². The van der Waals surface area contributed by atoms with Crippen LogP contribution in [-0.2, 0) is 11.3 Å². The molecule has 0 radical (unpaired) electrons. The monoisotopic (exact) mass is 294 g/mol. The summed E-state index contributed by atoms with van der Waals surface area (Å²) in [4.78, 5) is 22.0. The Kier molecular flexibility index (Phi) is 3.99. The third kappa shape index (κ3) is 3.33. The predicted octanol–water partition coefficient (Wildman–Crippen LogP) is 2.39. The summed E-state index contributed by atoms with van der Waals surface area (Å²) in [7, 11) is 0. The van der Waals surface area contributed by atoms with Crippen molar-refractivity contribution in [3.8, 4) is 0 Å². The van der Waals surface area contributed by atoms with Crippen molar-refractivity contribution in [2.75, 3.05) is 5.32 Å². The summed E-state index contributed by atoms with van der Waals surface area (Å²) in [6.07, 6.45) is 2.97. The van der Waals surface area contributed by atoms with Crippen molar-refractivity contribution in [3.05, 3.63) is 51.3 Å². The lowest BCUT2D eigenvalue weighted by Crippen LogP contribution is -2.19. The van der Waals surface area contributed by atoms with E-state index in [0.29, 0.717) is 16.3 Å². The number of rotatable bonds is 4. The molecule has 0 aliphatic carbocycles. The number of nitrogens with zero attached hydrogens (tertiary/aromatic N) is 3. The van der Waals surface area contributed by atoms with E-state index in [1.807, 2.05) is 0 Å². The minimum Gasteiger partial charge on any atom is -0.324 e. The summed E-state index contributed by atoms with van der Waals surface area (Å²) in [6, 6.07) is 4.25. The molecule has 0 saturated heterocycles. The van der Waals surface area contributed by atoms with Crippen molar-refractivity contribution in [3.63, 3.8) is 0 Å². The highest BCUT2D eigenvalue weighted by molar-refractivity contribution is 6.30. The molecule has 2 aromatic rings. The topological polar surface area (TPSA) is 90.1 Å². The van der Waals surface area contributed by atoms with Crippen LogP contribution >= 0.6 is 11.6 Å². The zero-order chi connectivity index (χ0) is 14.7. The Morgan fingerprint density at radius 3 is 2.85 bits per heavy atom. The molecule has 0 fully saturated rings. The Labute approximate surface area is 119 Å².